The smallest absolute Gasteiger partial charge is 0.253 e. The van der Waals surface area contributed by atoms with E-state index in [1.807, 2.05) is 0 Å². The Morgan fingerprint density at radius 2 is 2.11 bits per heavy atom. The third kappa shape index (κ3) is 4.79. The molecule has 98 valence electrons. The quantitative estimate of drug-likeness (QED) is 0.558. The zero-order valence-corrected chi connectivity index (χ0v) is 9.99. The molecule has 0 saturated heterocycles. The van der Waals surface area contributed by atoms with Gasteiger partial charge < -0.3 is 20.4 Å². The molecule has 3 N–H and O–H groups in total. The summed E-state index contributed by atoms with van der Waals surface area (Å²) in [5.41, 5.74) is 0.00292. The molecule has 1 heterocycles. The summed E-state index contributed by atoms with van der Waals surface area (Å²) in [6.45, 7) is 0.686. The zero-order chi connectivity index (χ0) is 13.4. The van der Waals surface area contributed by atoms with Crippen LogP contribution in [-0.2, 0) is 9.53 Å². The van der Waals surface area contributed by atoms with Gasteiger partial charge in [-0.2, -0.15) is 0 Å². The molecule has 1 aromatic heterocycles. The molecular weight excluding hydrogens is 238 g/mol. The second-order valence-electron chi connectivity index (χ2n) is 3.47. The van der Waals surface area contributed by atoms with E-state index in [1.54, 1.807) is 0 Å². The molecule has 0 spiro atoms. The molecule has 0 aliphatic rings. The van der Waals surface area contributed by atoms with E-state index in [0.29, 0.717) is 18.7 Å². The fourth-order valence-electron chi connectivity index (χ4n) is 1.17. The number of pyridine rings is 1. The lowest BCUT2D eigenvalue weighted by atomic mass is 10.2. The summed E-state index contributed by atoms with van der Waals surface area (Å²) in [6.07, 6.45) is 1.29. The first-order valence-corrected chi connectivity index (χ1v) is 5.36. The van der Waals surface area contributed by atoms with E-state index in [1.165, 1.54) is 25.4 Å². The molecule has 0 bridgehead atoms. The van der Waals surface area contributed by atoms with Crippen molar-refractivity contribution < 1.29 is 14.3 Å². The van der Waals surface area contributed by atoms with E-state index in [-0.39, 0.29) is 18.0 Å². The first kappa shape index (κ1) is 13.9. The second kappa shape index (κ2) is 7.23. The lowest BCUT2D eigenvalue weighted by Gasteiger charge is -2.06. The fraction of sp³-hybridized carbons (Fsp3) is 0.364. The summed E-state index contributed by atoms with van der Waals surface area (Å²) in [7, 11) is 1.53. The van der Waals surface area contributed by atoms with Gasteiger partial charge in [0.15, 0.2) is 0 Å². The zero-order valence-electron chi connectivity index (χ0n) is 9.99. The van der Waals surface area contributed by atoms with Gasteiger partial charge in [0.2, 0.25) is 11.5 Å². The summed E-state index contributed by atoms with van der Waals surface area (Å²) in [5.74, 6) is -0.724. The van der Waals surface area contributed by atoms with E-state index in [0.717, 1.165) is 0 Å². The molecule has 18 heavy (non-hydrogen) atoms. The Hall–Kier alpha value is -2.15. The number of carbonyl (C=O) groups excluding carboxylic acids is 2. The minimum Gasteiger partial charge on any atom is -0.383 e. The molecule has 0 aromatic carbocycles. The Morgan fingerprint density at radius 1 is 1.33 bits per heavy atom. The molecule has 0 radical (unpaired) electrons. The Labute approximate surface area is 104 Å². The highest BCUT2D eigenvalue weighted by Gasteiger charge is 2.07. The number of amides is 2. The van der Waals surface area contributed by atoms with Crippen molar-refractivity contribution in [2.24, 2.45) is 0 Å². The summed E-state index contributed by atoms with van der Waals surface area (Å²) in [5, 5.41) is 4.99. The number of H-pyrrole nitrogens is 1. The maximum atomic E-state index is 11.6. The molecular formula is C11H15N3O4. The maximum absolute atomic E-state index is 11.6. The van der Waals surface area contributed by atoms with Crippen LogP contribution in [0.1, 0.15) is 10.4 Å². The van der Waals surface area contributed by atoms with Crippen LogP contribution in [0.25, 0.3) is 0 Å². The minimum absolute atomic E-state index is 0.123. The molecule has 1 rings (SSSR count). The highest BCUT2D eigenvalue weighted by molar-refractivity contribution is 5.96. The first-order valence-electron chi connectivity index (χ1n) is 5.36. The van der Waals surface area contributed by atoms with Crippen molar-refractivity contribution in [2.45, 2.75) is 0 Å². The predicted molar refractivity (Wildman–Crippen MR) is 64.3 cm³/mol. The fourth-order valence-corrected chi connectivity index (χ4v) is 1.17. The van der Waals surface area contributed by atoms with Gasteiger partial charge in [0.1, 0.15) is 0 Å². The van der Waals surface area contributed by atoms with Crippen LogP contribution in [0, 0.1) is 0 Å². The lowest BCUT2D eigenvalue weighted by molar-refractivity contribution is -0.120. The van der Waals surface area contributed by atoms with Gasteiger partial charge in [-0.25, -0.2) is 0 Å². The van der Waals surface area contributed by atoms with E-state index in [4.69, 9.17) is 4.74 Å². The van der Waals surface area contributed by atoms with Crippen LogP contribution in [0.15, 0.2) is 23.1 Å². The Kier molecular flexibility index (Phi) is 5.59. The number of ether oxygens (including phenoxy) is 1. The van der Waals surface area contributed by atoms with E-state index in [9.17, 15) is 14.4 Å². The molecule has 0 fully saturated rings. The standard InChI is InChI=1S/C11H15N3O4/c1-18-5-4-12-10(16)7-14-11(17)8-2-3-9(15)13-6-8/h2-3,6H,4-5,7H2,1H3,(H,12,16)(H,13,15)(H,14,17). The largest absolute Gasteiger partial charge is 0.383 e. The average molecular weight is 253 g/mol. The summed E-state index contributed by atoms with van der Waals surface area (Å²) in [6, 6.07) is 2.63. The van der Waals surface area contributed by atoms with Gasteiger partial charge in [0.25, 0.3) is 5.91 Å². The van der Waals surface area contributed by atoms with Gasteiger partial charge >= 0.3 is 0 Å². The van der Waals surface area contributed by atoms with Gasteiger partial charge in [-0.1, -0.05) is 0 Å². The molecule has 7 nitrogen and oxygen atoms in total. The topological polar surface area (TPSA) is 100 Å². The molecule has 0 unspecified atom stereocenters. The van der Waals surface area contributed by atoms with Crippen molar-refractivity contribution >= 4 is 11.8 Å². The van der Waals surface area contributed by atoms with Crippen molar-refractivity contribution in [3.05, 3.63) is 34.2 Å². The van der Waals surface area contributed by atoms with Crippen LogP contribution in [0.2, 0.25) is 0 Å². The van der Waals surface area contributed by atoms with Crippen molar-refractivity contribution in [3.8, 4) is 0 Å². The second-order valence-corrected chi connectivity index (χ2v) is 3.47. The van der Waals surface area contributed by atoms with Gasteiger partial charge in [-0.3, -0.25) is 14.4 Å². The van der Waals surface area contributed by atoms with Crippen LogP contribution in [-0.4, -0.2) is 43.6 Å². The highest BCUT2D eigenvalue weighted by atomic mass is 16.5. The number of aromatic amines is 1. The number of carbonyl (C=O) groups is 2. The predicted octanol–water partition coefficient (Wildman–Crippen LogP) is -1.13. The summed E-state index contributed by atoms with van der Waals surface area (Å²) >= 11 is 0. The molecule has 1 aromatic rings. The van der Waals surface area contributed by atoms with Gasteiger partial charge in [0.05, 0.1) is 18.7 Å². The molecule has 7 heteroatoms. The average Bonchev–Trinajstić information content (AvgIpc) is 2.37. The Balaban J connectivity index is 2.34. The molecule has 0 saturated carbocycles. The van der Waals surface area contributed by atoms with Crippen LogP contribution in [0.5, 0.6) is 0 Å². The molecule has 0 aliphatic heterocycles. The third-order valence-electron chi connectivity index (χ3n) is 2.08. The number of aromatic nitrogens is 1. The summed E-state index contributed by atoms with van der Waals surface area (Å²) in [4.78, 5) is 36.0. The van der Waals surface area contributed by atoms with Crippen LogP contribution in [0.3, 0.4) is 0 Å². The van der Waals surface area contributed by atoms with Gasteiger partial charge in [-0.05, 0) is 6.07 Å². The number of hydrogen-bond acceptors (Lipinski definition) is 4. The first-order chi connectivity index (χ1) is 8.63. The maximum Gasteiger partial charge on any atom is 0.253 e. The molecule has 0 atom stereocenters. The number of hydrogen-bond donors (Lipinski definition) is 3. The Morgan fingerprint density at radius 3 is 2.72 bits per heavy atom. The van der Waals surface area contributed by atoms with Gasteiger partial charge in [0, 0.05) is 25.9 Å². The summed E-state index contributed by atoms with van der Waals surface area (Å²) < 4.78 is 4.76. The van der Waals surface area contributed by atoms with Crippen LogP contribution >= 0.6 is 0 Å². The number of nitrogens with one attached hydrogen (secondary N) is 3. The number of methoxy groups -OCH3 is 1. The van der Waals surface area contributed by atoms with Crippen molar-refractivity contribution in [1.29, 1.82) is 0 Å². The van der Waals surface area contributed by atoms with Crippen LogP contribution in [0.4, 0.5) is 0 Å². The Bertz CT molecular complexity index is 449. The van der Waals surface area contributed by atoms with E-state index in [2.05, 4.69) is 15.6 Å². The normalized spacial score (nSPS) is 9.83. The van der Waals surface area contributed by atoms with Gasteiger partial charge in [-0.15, -0.1) is 0 Å². The SMILES string of the molecule is COCCNC(=O)CNC(=O)c1ccc(=O)[nH]c1. The third-order valence-corrected chi connectivity index (χ3v) is 2.08. The van der Waals surface area contributed by atoms with E-state index >= 15 is 0 Å². The molecule has 0 aliphatic carbocycles. The van der Waals surface area contributed by atoms with Crippen molar-refractivity contribution in [3.63, 3.8) is 0 Å². The highest BCUT2D eigenvalue weighted by Crippen LogP contribution is 1.91. The van der Waals surface area contributed by atoms with Crippen molar-refractivity contribution in [2.75, 3.05) is 26.8 Å². The van der Waals surface area contributed by atoms with Crippen molar-refractivity contribution in [1.82, 2.24) is 15.6 Å². The monoisotopic (exact) mass is 253 g/mol. The van der Waals surface area contributed by atoms with E-state index < -0.39 is 5.91 Å². The number of rotatable bonds is 6. The molecule has 2 amide bonds. The van der Waals surface area contributed by atoms with Crippen LogP contribution < -0.4 is 16.2 Å². The lowest BCUT2D eigenvalue weighted by Crippen LogP contribution is -2.38. The minimum atomic E-state index is -0.423.